The number of hydrogen-bond donors (Lipinski definition) is 1. The van der Waals surface area contributed by atoms with Crippen LogP contribution in [0.4, 0.5) is 8.78 Å². The zero-order valence-electron chi connectivity index (χ0n) is 14.5. The summed E-state index contributed by atoms with van der Waals surface area (Å²) in [6.45, 7) is 3.44. The average molecular weight is 346 g/mol. The van der Waals surface area contributed by atoms with Crippen LogP contribution in [-0.4, -0.2) is 31.6 Å². The predicted octanol–water partition coefficient (Wildman–Crippen LogP) is 3.90. The average Bonchev–Trinajstić information content (AvgIpc) is 3.16. The minimum Gasteiger partial charge on any atom is -0.497 e. The Hall–Kier alpha value is -1.98. The Kier molecular flexibility index (Phi) is 6.00. The number of hydrogen-bond acceptors (Lipinski definition) is 3. The second kappa shape index (κ2) is 8.41. The van der Waals surface area contributed by atoms with Crippen LogP contribution in [0.1, 0.15) is 30.0 Å². The molecule has 0 aromatic heterocycles. The molecule has 0 amide bonds. The van der Waals surface area contributed by atoms with Gasteiger partial charge < -0.3 is 10.1 Å². The van der Waals surface area contributed by atoms with Crippen LogP contribution in [0.5, 0.6) is 5.75 Å². The van der Waals surface area contributed by atoms with E-state index in [9.17, 15) is 8.78 Å². The van der Waals surface area contributed by atoms with E-state index in [-0.39, 0.29) is 6.04 Å². The number of nitrogens with zero attached hydrogens (tertiary/aromatic N) is 1. The number of nitrogens with one attached hydrogen (secondary N) is 1. The molecule has 134 valence electrons. The van der Waals surface area contributed by atoms with E-state index in [0.717, 1.165) is 30.9 Å². The van der Waals surface area contributed by atoms with Gasteiger partial charge in [-0.2, -0.15) is 0 Å². The smallest absolute Gasteiger partial charge is 0.159 e. The summed E-state index contributed by atoms with van der Waals surface area (Å²) in [5.41, 5.74) is 1.98. The van der Waals surface area contributed by atoms with E-state index in [1.807, 2.05) is 12.1 Å². The van der Waals surface area contributed by atoms with Crippen molar-refractivity contribution in [1.82, 2.24) is 10.2 Å². The standard InChI is InChI=1S/C20H24F2N2O/c1-25-17-7-5-16(6-8-17)20(24-10-2-3-11-24)14-23-13-15-4-9-18(21)19(22)12-15/h4-9,12,20,23H,2-3,10-11,13-14H2,1H3. The number of halogens is 2. The maximum absolute atomic E-state index is 13.3. The molecule has 0 radical (unpaired) electrons. The maximum atomic E-state index is 13.3. The third-order valence-corrected chi connectivity index (χ3v) is 4.73. The Balaban J connectivity index is 1.65. The van der Waals surface area contributed by atoms with Crippen LogP contribution in [-0.2, 0) is 6.54 Å². The van der Waals surface area contributed by atoms with Gasteiger partial charge in [0.05, 0.1) is 7.11 Å². The van der Waals surface area contributed by atoms with Crippen molar-refractivity contribution >= 4 is 0 Å². The molecule has 0 aliphatic carbocycles. The fourth-order valence-corrected chi connectivity index (χ4v) is 3.34. The summed E-state index contributed by atoms with van der Waals surface area (Å²) in [4.78, 5) is 2.47. The van der Waals surface area contributed by atoms with Gasteiger partial charge in [0.15, 0.2) is 11.6 Å². The van der Waals surface area contributed by atoms with Crippen LogP contribution in [0.2, 0.25) is 0 Å². The van der Waals surface area contributed by atoms with E-state index in [2.05, 4.69) is 22.3 Å². The van der Waals surface area contributed by atoms with E-state index < -0.39 is 11.6 Å². The van der Waals surface area contributed by atoms with Crippen molar-refractivity contribution in [1.29, 1.82) is 0 Å². The Labute approximate surface area is 147 Å². The largest absolute Gasteiger partial charge is 0.497 e. The summed E-state index contributed by atoms with van der Waals surface area (Å²) in [6, 6.07) is 12.5. The summed E-state index contributed by atoms with van der Waals surface area (Å²) in [7, 11) is 1.66. The lowest BCUT2D eigenvalue weighted by Crippen LogP contribution is -2.34. The fourth-order valence-electron chi connectivity index (χ4n) is 3.34. The van der Waals surface area contributed by atoms with Crippen molar-refractivity contribution in [3.05, 3.63) is 65.2 Å². The van der Waals surface area contributed by atoms with Gasteiger partial charge in [-0.15, -0.1) is 0 Å². The SMILES string of the molecule is COc1ccc(C(CNCc2ccc(F)c(F)c2)N2CCCC2)cc1. The maximum Gasteiger partial charge on any atom is 0.159 e. The Morgan fingerprint density at radius 1 is 1.04 bits per heavy atom. The van der Waals surface area contributed by atoms with Crippen molar-refractivity contribution in [2.45, 2.75) is 25.4 Å². The molecule has 1 N–H and O–H groups in total. The molecule has 2 aromatic rings. The topological polar surface area (TPSA) is 24.5 Å². The van der Waals surface area contributed by atoms with Crippen molar-refractivity contribution < 1.29 is 13.5 Å². The molecule has 25 heavy (non-hydrogen) atoms. The summed E-state index contributed by atoms with van der Waals surface area (Å²) in [6.07, 6.45) is 2.44. The van der Waals surface area contributed by atoms with Gasteiger partial charge in [-0.25, -0.2) is 8.78 Å². The number of likely N-dealkylation sites (tertiary alicyclic amines) is 1. The first-order chi connectivity index (χ1) is 12.2. The lowest BCUT2D eigenvalue weighted by molar-refractivity contribution is 0.238. The highest BCUT2D eigenvalue weighted by molar-refractivity contribution is 5.29. The zero-order chi connectivity index (χ0) is 17.6. The highest BCUT2D eigenvalue weighted by Gasteiger charge is 2.23. The van der Waals surface area contributed by atoms with Gasteiger partial charge in [0.25, 0.3) is 0 Å². The fraction of sp³-hybridized carbons (Fsp3) is 0.400. The molecule has 0 saturated carbocycles. The molecule has 1 aliphatic rings. The second-order valence-corrected chi connectivity index (χ2v) is 6.41. The van der Waals surface area contributed by atoms with Crippen LogP contribution >= 0.6 is 0 Å². The van der Waals surface area contributed by atoms with Crippen molar-refractivity contribution in [3.63, 3.8) is 0 Å². The lowest BCUT2D eigenvalue weighted by atomic mass is 10.0. The van der Waals surface area contributed by atoms with E-state index in [1.165, 1.54) is 30.5 Å². The van der Waals surface area contributed by atoms with Crippen molar-refractivity contribution in [2.75, 3.05) is 26.7 Å². The Bertz CT molecular complexity index is 685. The Morgan fingerprint density at radius 3 is 2.40 bits per heavy atom. The van der Waals surface area contributed by atoms with Crippen LogP contribution in [0.25, 0.3) is 0 Å². The van der Waals surface area contributed by atoms with E-state index in [4.69, 9.17) is 4.74 Å². The molecule has 1 atom stereocenters. The molecule has 1 fully saturated rings. The molecule has 5 heteroatoms. The monoisotopic (exact) mass is 346 g/mol. The minimum absolute atomic E-state index is 0.263. The molecule has 1 unspecified atom stereocenters. The number of ether oxygens (including phenoxy) is 1. The molecule has 0 spiro atoms. The van der Waals surface area contributed by atoms with Gasteiger partial charge in [0.1, 0.15) is 5.75 Å². The van der Waals surface area contributed by atoms with Gasteiger partial charge in [-0.3, -0.25) is 4.90 Å². The summed E-state index contributed by atoms with van der Waals surface area (Å²) in [5.74, 6) is -0.763. The van der Waals surface area contributed by atoms with Gasteiger partial charge in [-0.1, -0.05) is 18.2 Å². The number of rotatable bonds is 7. The van der Waals surface area contributed by atoms with Gasteiger partial charge >= 0.3 is 0 Å². The summed E-state index contributed by atoms with van der Waals surface area (Å²) in [5, 5.41) is 3.39. The number of benzene rings is 2. The molecule has 1 heterocycles. The highest BCUT2D eigenvalue weighted by atomic mass is 19.2. The Morgan fingerprint density at radius 2 is 1.76 bits per heavy atom. The van der Waals surface area contributed by atoms with Crippen LogP contribution in [0, 0.1) is 11.6 Å². The first-order valence-electron chi connectivity index (χ1n) is 8.70. The highest BCUT2D eigenvalue weighted by Crippen LogP contribution is 2.26. The molecule has 1 aliphatic heterocycles. The molecule has 3 rings (SSSR count). The zero-order valence-corrected chi connectivity index (χ0v) is 14.5. The molecular weight excluding hydrogens is 322 g/mol. The molecule has 0 bridgehead atoms. The summed E-state index contributed by atoms with van der Waals surface area (Å²) < 4.78 is 31.6. The first-order valence-corrected chi connectivity index (χ1v) is 8.70. The van der Waals surface area contributed by atoms with Crippen LogP contribution in [0.15, 0.2) is 42.5 Å². The van der Waals surface area contributed by atoms with Crippen LogP contribution in [0.3, 0.4) is 0 Å². The lowest BCUT2D eigenvalue weighted by Gasteiger charge is -2.28. The quantitative estimate of drug-likeness (QED) is 0.823. The molecular formula is C20H24F2N2O. The first kappa shape index (κ1) is 17.8. The van der Waals surface area contributed by atoms with Crippen molar-refractivity contribution in [2.24, 2.45) is 0 Å². The predicted molar refractivity (Wildman–Crippen MR) is 94.6 cm³/mol. The van der Waals surface area contributed by atoms with Crippen LogP contribution < -0.4 is 10.1 Å². The van der Waals surface area contributed by atoms with Crippen molar-refractivity contribution in [3.8, 4) is 5.75 Å². The molecule has 3 nitrogen and oxygen atoms in total. The van der Waals surface area contributed by atoms with E-state index in [0.29, 0.717) is 6.54 Å². The third-order valence-electron chi connectivity index (χ3n) is 4.73. The summed E-state index contributed by atoms with van der Waals surface area (Å²) >= 11 is 0. The molecule has 2 aromatic carbocycles. The van der Waals surface area contributed by atoms with Gasteiger partial charge in [0, 0.05) is 19.1 Å². The second-order valence-electron chi connectivity index (χ2n) is 6.41. The van der Waals surface area contributed by atoms with Gasteiger partial charge in [0.2, 0.25) is 0 Å². The molecule has 1 saturated heterocycles. The normalized spacial score (nSPS) is 16.1. The van der Waals surface area contributed by atoms with E-state index >= 15 is 0 Å². The third kappa shape index (κ3) is 4.55. The van der Waals surface area contributed by atoms with Gasteiger partial charge in [-0.05, 0) is 61.3 Å². The van der Waals surface area contributed by atoms with E-state index in [1.54, 1.807) is 13.2 Å². The number of methoxy groups -OCH3 is 1. The minimum atomic E-state index is -0.808.